The first-order valence-electron chi connectivity index (χ1n) is 11.3. The number of nitrogens with two attached hydrogens (primary N) is 1. The topological polar surface area (TPSA) is 95.0 Å². The molecule has 1 fully saturated rings. The summed E-state index contributed by atoms with van der Waals surface area (Å²) in [6.07, 6.45) is 6.75. The average molecular weight is 448 g/mol. The molecule has 2 heterocycles. The molecule has 33 heavy (non-hydrogen) atoms. The van der Waals surface area contributed by atoms with Gasteiger partial charge in [0.2, 0.25) is 5.95 Å². The van der Waals surface area contributed by atoms with Gasteiger partial charge in [0.15, 0.2) is 18.1 Å². The number of imidazole rings is 1. The Kier molecular flexibility index (Phi) is 7.24. The van der Waals surface area contributed by atoms with Crippen LogP contribution >= 0.6 is 0 Å². The molecule has 1 aromatic heterocycles. The van der Waals surface area contributed by atoms with Crippen molar-refractivity contribution in [3.05, 3.63) is 60.3 Å². The molecule has 1 amide bonds. The second-order valence-electron chi connectivity index (χ2n) is 7.81. The molecule has 2 aromatic carbocycles. The van der Waals surface area contributed by atoms with E-state index in [9.17, 15) is 4.79 Å². The number of rotatable bonds is 8. The molecule has 0 saturated carbocycles. The van der Waals surface area contributed by atoms with Crippen molar-refractivity contribution in [3.63, 3.8) is 0 Å². The van der Waals surface area contributed by atoms with Gasteiger partial charge in [-0.3, -0.25) is 4.79 Å². The molecular formula is C25H29N5O3. The predicted octanol–water partition coefficient (Wildman–Crippen LogP) is 3.80. The lowest BCUT2D eigenvalue weighted by atomic mass is 10.1. The Hall–Kier alpha value is -3.81. The van der Waals surface area contributed by atoms with Crippen LogP contribution in [-0.2, 0) is 4.79 Å². The number of anilines is 1. The highest BCUT2D eigenvalue weighted by molar-refractivity contribution is 5.81. The first-order valence-corrected chi connectivity index (χ1v) is 11.3. The maximum Gasteiger partial charge on any atom is 0.260 e. The van der Waals surface area contributed by atoms with Crippen LogP contribution in [0.3, 0.4) is 0 Å². The molecule has 4 rings (SSSR count). The van der Waals surface area contributed by atoms with Crippen LogP contribution in [0, 0.1) is 0 Å². The fourth-order valence-corrected chi connectivity index (χ4v) is 3.72. The number of nitrogen functional groups attached to an aromatic ring is 1. The van der Waals surface area contributed by atoms with E-state index in [1.807, 2.05) is 54.3 Å². The highest BCUT2D eigenvalue weighted by atomic mass is 16.5. The number of nitrogens with zero attached hydrogens (tertiary/aromatic N) is 4. The van der Waals surface area contributed by atoms with E-state index in [0.717, 1.165) is 42.8 Å². The Morgan fingerprint density at radius 1 is 1.09 bits per heavy atom. The van der Waals surface area contributed by atoms with Gasteiger partial charge in [0.25, 0.3) is 5.91 Å². The maximum atomic E-state index is 12.4. The van der Waals surface area contributed by atoms with E-state index in [4.69, 9.17) is 15.2 Å². The lowest BCUT2D eigenvalue weighted by Gasteiger charge is -2.26. The van der Waals surface area contributed by atoms with Crippen molar-refractivity contribution in [1.29, 1.82) is 0 Å². The van der Waals surface area contributed by atoms with E-state index in [2.05, 4.69) is 10.1 Å². The molecule has 0 atom stereocenters. The zero-order valence-corrected chi connectivity index (χ0v) is 18.8. The van der Waals surface area contributed by atoms with Crippen LogP contribution < -0.4 is 15.2 Å². The Bertz CT molecular complexity index is 1100. The van der Waals surface area contributed by atoms with E-state index < -0.39 is 0 Å². The highest BCUT2D eigenvalue weighted by Gasteiger charge is 2.17. The largest absolute Gasteiger partial charge is 0.490 e. The van der Waals surface area contributed by atoms with Gasteiger partial charge in [-0.05, 0) is 49.9 Å². The summed E-state index contributed by atoms with van der Waals surface area (Å²) in [4.78, 5) is 18.7. The van der Waals surface area contributed by atoms with Crippen molar-refractivity contribution in [2.45, 2.75) is 26.2 Å². The summed E-state index contributed by atoms with van der Waals surface area (Å²) in [5, 5.41) is 4.44. The molecule has 8 heteroatoms. The van der Waals surface area contributed by atoms with E-state index in [1.54, 1.807) is 18.5 Å². The minimum absolute atomic E-state index is 0.00133. The third kappa shape index (κ3) is 5.71. The standard InChI is InChI=1S/C25H29N5O3/c1-2-32-23-15-19(11-12-22(23)33-18-24(31)29-13-7-4-8-14-29)16-27-30-17-21(28-25(30)26)20-9-5-3-6-10-20/h3,5-6,9-12,15-17H,2,4,7-8,13-14,18H2,1H3,(H2,26,28)/b27-16+. The van der Waals surface area contributed by atoms with E-state index in [1.165, 1.54) is 11.1 Å². The van der Waals surface area contributed by atoms with E-state index >= 15 is 0 Å². The number of ether oxygens (including phenoxy) is 2. The van der Waals surface area contributed by atoms with Gasteiger partial charge in [0.1, 0.15) is 0 Å². The normalized spacial score (nSPS) is 13.9. The SMILES string of the molecule is CCOc1cc(/C=N/n2cc(-c3ccccc3)nc2N)ccc1OCC(=O)N1CCCCC1. The lowest BCUT2D eigenvalue weighted by Crippen LogP contribution is -2.38. The van der Waals surface area contributed by atoms with Crippen LogP contribution in [0.25, 0.3) is 11.3 Å². The summed E-state index contributed by atoms with van der Waals surface area (Å²) in [5.41, 5.74) is 8.56. The molecule has 1 aliphatic heterocycles. The Balaban J connectivity index is 1.45. The van der Waals surface area contributed by atoms with Gasteiger partial charge < -0.3 is 20.1 Å². The van der Waals surface area contributed by atoms with Gasteiger partial charge in [0, 0.05) is 18.7 Å². The van der Waals surface area contributed by atoms with Crippen LogP contribution in [0.4, 0.5) is 5.95 Å². The minimum atomic E-state index is 0.00133. The maximum absolute atomic E-state index is 12.4. The van der Waals surface area contributed by atoms with Crippen molar-refractivity contribution < 1.29 is 14.3 Å². The van der Waals surface area contributed by atoms with Gasteiger partial charge >= 0.3 is 0 Å². The number of aromatic nitrogens is 2. The quantitative estimate of drug-likeness (QED) is 0.530. The smallest absolute Gasteiger partial charge is 0.260 e. The Labute approximate surface area is 193 Å². The minimum Gasteiger partial charge on any atom is -0.490 e. The second-order valence-corrected chi connectivity index (χ2v) is 7.81. The second kappa shape index (κ2) is 10.7. The first kappa shape index (κ1) is 22.4. The monoisotopic (exact) mass is 447 g/mol. The number of hydrogen-bond acceptors (Lipinski definition) is 6. The van der Waals surface area contributed by atoms with Gasteiger partial charge in [-0.2, -0.15) is 5.10 Å². The number of carbonyl (C=O) groups excluding carboxylic acids is 1. The average Bonchev–Trinajstić information content (AvgIpc) is 3.23. The summed E-state index contributed by atoms with van der Waals surface area (Å²) in [6.45, 7) is 3.99. The van der Waals surface area contributed by atoms with Crippen molar-refractivity contribution >= 4 is 18.1 Å². The summed E-state index contributed by atoms with van der Waals surface area (Å²) >= 11 is 0. The zero-order valence-electron chi connectivity index (χ0n) is 18.8. The van der Waals surface area contributed by atoms with E-state index in [-0.39, 0.29) is 12.5 Å². The first-order chi connectivity index (χ1) is 16.1. The van der Waals surface area contributed by atoms with Crippen molar-refractivity contribution in [2.24, 2.45) is 5.10 Å². The molecule has 1 aliphatic rings. The summed E-state index contributed by atoms with van der Waals surface area (Å²) in [5.74, 6) is 1.41. The molecule has 2 N–H and O–H groups in total. The van der Waals surface area contributed by atoms with Crippen LogP contribution in [0.5, 0.6) is 11.5 Å². The third-order valence-electron chi connectivity index (χ3n) is 5.44. The lowest BCUT2D eigenvalue weighted by molar-refractivity contribution is -0.134. The van der Waals surface area contributed by atoms with Gasteiger partial charge in [-0.1, -0.05) is 30.3 Å². The van der Waals surface area contributed by atoms with Crippen molar-refractivity contribution in [2.75, 3.05) is 32.0 Å². The summed E-state index contributed by atoms with van der Waals surface area (Å²) in [6, 6.07) is 15.3. The molecule has 0 aliphatic carbocycles. The molecule has 1 saturated heterocycles. The molecule has 0 bridgehead atoms. The summed E-state index contributed by atoms with van der Waals surface area (Å²) < 4.78 is 13.1. The molecule has 172 valence electrons. The van der Waals surface area contributed by atoms with Gasteiger partial charge in [-0.25, -0.2) is 9.66 Å². The molecule has 8 nitrogen and oxygen atoms in total. The number of likely N-dealkylation sites (tertiary alicyclic amines) is 1. The van der Waals surface area contributed by atoms with E-state index in [0.29, 0.717) is 24.1 Å². The van der Waals surface area contributed by atoms with Gasteiger partial charge in [0.05, 0.1) is 24.7 Å². The Morgan fingerprint density at radius 2 is 1.88 bits per heavy atom. The number of benzene rings is 2. The summed E-state index contributed by atoms with van der Waals surface area (Å²) in [7, 11) is 0. The van der Waals surface area contributed by atoms with Crippen molar-refractivity contribution in [1.82, 2.24) is 14.6 Å². The van der Waals surface area contributed by atoms with Crippen LogP contribution in [0.15, 0.2) is 59.8 Å². The molecular weight excluding hydrogens is 418 g/mol. The fraction of sp³-hybridized carbons (Fsp3) is 0.320. The third-order valence-corrected chi connectivity index (χ3v) is 5.44. The predicted molar refractivity (Wildman–Crippen MR) is 129 cm³/mol. The fourth-order valence-electron chi connectivity index (χ4n) is 3.72. The molecule has 0 spiro atoms. The molecule has 0 unspecified atom stereocenters. The number of carbonyl (C=O) groups is 1. The number of piperidine rings is 1. The van der Waals surface area contributed by atoms with Crippen LogP contribution in [0.1, 0.15) is 31.7 Å². The van der Waals surface area contributed by atoms with Crippen LogP contribution in [0.2, 0.25) is 0 Å². The highest BCUT2D eigenvalue weighted by Crippen LogP contribution is 2.28. The Morgan fingerprint density at radius 3 is 2.64 bits per heavy atom. The number of hydrogen-bond donors (Lipinski definition) is 1. The van der Waals surface area contributed by atoms with Crippen LogP contribution in [-0.4, -0.2) is 53.0 Å². The zero-order chi connectivity index (χ0) is 23.0. The molecule has 0 radical (unpaired) electrons. The molecule has 3 aromatic rings. The van der Waals surface area contributed by atoms with Gasteiger partial charge in [-0.15, -0.1) is 0 Å². The number of amides is 1. The van der Waals surface area contributed by atoms with Crippen molar-refractivity contribution in [3.8, 4) is 22.8 Å².